The Bertz CT molecular complexity index is 1100. The van der Waals surface area contributed by atoms with Gasteiger partial charge in [-0.3, -0.25) is 18.9 Å². The first-order chi connectivity index (χ1) is 13.5. The maximum Gasteiger partial charge on any atom is 0.258 e. The van der Waals surface area contributed by atoms with Gasteiger partial charge in [-0.25, -0.2) is 4.98 Å². The number of carbonyl (C=O) groups is 1. The van der Waals surface area contributed by atoms with E-state index in [2.05, 4.69) is 10.3 Å². The Kier molecular flexibility index (Phi) is 5.35. The van der Waals surface area contributed by atoms with Crippen molar-refractivity contribution in [1.82, 2.24) is 14.3 Å². The van der Waals surface area contributed by atoms with E-state index in [4.69, 9.17) is 23.2 Å². The van der Waals surface area contributed by atoms with Crippen molar-refractivity contribution in [2.24, 2.45) is 0 Å². The molecule has 0 aliphatic carbocycles. The molecular weight excluding hydrogens is 399 g/mol. The van der Waals surface area contributed by atoms with Crippen LogP contribution in [0.25, 0.3) is 5.65 Å². The number of carbonyl (C=O) groups excluding carboxylic acids is 1. The Morgan fingerprint density at radius 2 is 2.07 bits per heavy atom. The molecule has 0 radical (unpaired) electrons. The van der Waals surface area contributed by atoms with Gasteiger partial charge in [0, 0.05) is 23.8 Å². The van der Waals surface area contributed by atoms with Crippen LogP contribution >= 0.6 is 23.2 Å². The normalized spacial score (nSPS) is 17.1. The Hall–Kier alpha value is -2.41. The number of rotatable bonds is 4. The van der Waals surface area contributed by atoms with E-state index < -0.39 is 0 Å². The Morgan fingerprint density at radius 3 is 2.93 bits per heavy atom. The van der Waals surface area contributed by atoms with Crippen LogP contribution in [-0.2, 0) is 11.3 Å². The second-order valence-electron chi connectivity index (χ2n) is 6.76. The first-order valence-electron chi connectivity index (χ1n) is 8.98. The molecular formula is C20H18Cl2N4O2. The smallest absolute Gasteiger partial charge is 0.258 e. The third-order valence-corrected chi connectivity index (χ3v) is 5.41. The fraction of sp³-hybridized carbons (Fsp3) is 0.250. The molecule has 6 nitrogen and oxygen atoms in total. The van der Waals surface area contributed by atoms with Crippen LogP contribution in [0.15, 0.2) is 53.5 Å². The van der Waals surface area contributed by atoms with Gasteiger partial charge in [-0.15, -0.1) is 0 Å². The summed E-state index contributed by atoms with van der Waals surface area (Å²) in [6.07, 6.45) is 3.32. The van der Waals surface area contributed by atoms with Gasteiger partial charge in [0.2, 0.25) is 5.91 Å². The summed E-state index contributed by atoms with van der Waals surface area (Å²) in [7, 11) is 0. The zero-order valence-electron chi connectivity index (χ0n) is 14.9. The van der Waals surface area contributed by atoms with Crippen LogP contribution in [0.5, 0.6) is 0 Å². The van der Waals surface area contributed by atoms with Gasteiger partial charge >= 0.3 is 0 Å². The van der Waals surface area contributed by atoms with Gasteiger partial charge in [-0.1, -0.05) is 29.3 Å². The summed E-state index contributed by atoms with van der Waals surface area (Å²) in [6, 6.07) is 11.6. The molecule has 2 aromatic heterocycles. The van der Waals surface area contributed by atoms with Gasteiger partial charge in [0.25, 0.3) is 5.56 Å². The zero-order chi connectivity index (χ0) is 19.7. The highest BCUT2D eigenvalue weighted by Gasteiger charge is 2.31. The lowest BCUT2D eigenvalue weighted by Crippen LogP contribution is -2.39. The minimum Gasteiger partial charge on any atom is -0.323 e. The average Bonchev–Trinajstić information content (AvgIpc) is 3.13. The molecule has 3 heterocycles. The lowest BCUT2D eigenvalue weighted by atomic mass is 10.2. The van der Waals surface area contributed by atoms with Crippen molar-refractivity contribution in [2.45, 2.75) is 25.4 Å². The van der Waals surface area contributed by atoms with Crippen LogP contribution in [0.1, 0.15) is 18.5 Å². The van der Waals surface area contributed by atoms with Crippen LogP contribution in [0.3, 0.4) is 0 Å². The van der Waals surface area contributed by atoms with E-state index in [-0.39, 0.29) is 17.5 Å². The van der Waals surface area contributed by atoms with Gasteiger partial charge in [0.1, 0.15) is 5.65 Å². The van der Waals surface area contributed by atoms with Crippen molar-refractivity contribution in [2.75, 3.05) is 11.9 Å². The van der Waals surface area contributed by atoms with Crippen molar-refractivity contribution in [1.29, 1.82) is 0 Å². The topological polar surface area (TPSA) is 66.7 Å². The summed E-state index contributed by atoms with van der Waals surface area (Å²) in [5.41, 5.74) is 1.60. The van der Waals surface area contributed by atoms with E-state index in [0.29, 0.717) is 33.6 Å². The zero-order valence-corrected chi connectivity index (χ0v) is 16.5. The van der Waals surface area contributed by atoms with Crippen LogP contribution in [0.2, 0.25) is 10.0 Å². The number of benzene rings is 1. The fourth-order valence-electron chi connectivity index (χ4n) is 3.51. The summed E-state index contributed by atoms with van der Waals surface area (Å²) >= 11 is 12.2. The quantitative estimate of drug-likeness (QED) is 0.705. The van der Waals surface area contributed by atoms with E-state index in [1.165, 1.54) is 10.5 Å². The first-order valence-corrected chi connectivity index (χ1v) is 9.74. The lowest BCUT2D eigenvalue weighted by molar-refractivity contribution is -0.120. The second-order valence-corrected chi connectivity index (χ2v) is 7.60. The van der Waals surface area contributed by atoms with Crippen molar-refractivity contribution in [3.05, 3.63) is 74.8 Å². The summed E-state index contributed by atoms with van der Waals surface area (Å²) in [5.74, 6) is -0.140. The molecule has 144 valence electrons. The minimum absolute atomic E-state index is 0.133. The summed E-state index contributed by atoms with van der Waals surface area (Å²) in [6.45, 7) is 1.19. The molecule has 4 rings (SSSR count). The monoisotopic (exact) mass is 416 g/mol. The van der Waals surface area contributed by atoms with E-state index in [0.717, 1.165) is 19.4 Å². The molecule has 1 aliphatic rings. The molecule has 0 saturated carbocycles. The van der Waals surface area contributed by atoms with Crippen LogP contribution in [0, 0.1) is 0 Å². The Balaban J connectivity index is 1.53. The molecule has 1 atom stereocenters. The van der Waals surface area contributed by atoms with Gasteiger partial charge in [0.05, 0.1) is 22.4 Å². The number of fused-ring (bicyclic) bond motifs is 1. The van der Waals surface area contributed by atoms with E-state index in [9.17, 15) is 9.59 Å². The molecule has 8 heteroatoms. The second kappa shape index (κ2) is 7.91. The molecule has 0 spiro atoms. The molecule has 1 saturated heterocycles. The average molecular weight is 417 g/mol. The third kappa shape index (κ3) is 3.90. The van der Waals surface area contributed by atoms with Crippen molar-refractivity contribution < 1.29 is 4.79 Å². The molecule has 3 aromatic rings. The minimum atomic E-state index is -0.314. The molecule has 28 heavy (non-hydrogen) atoms. The fourth-order valence-corrected chi connectivity index (χ4v) is 3.85. The van der Waals surface area contributed by atoms with Crippen molar-refractivity contribution in [3.63, 3.8) is 0 Å². The number of pyridine rings is 1. The number of aromatic nitrogens is 2. The molecule has 1 N–H and O–H groups in total. The van der Waals surface area contributed by atoms with Crippen molar-refractivity contribution >= 4 is 40.4 Å². The predicted molar refractivity (Wildman–Crippen MR) is 110 cm³/mol. The Morgan fingerprint density at radius 1 is 1.21 bits per heavy atom. The third-order valence-electron chi connectivity index (χ3n) is 4.84. The highest BCUT2D eigenvalue weighted by atomic mass is 35.5. The summed E-state index contributed by atoms with van der Waals surface area (Å²) in [5, 5.41) is 3.81. The number of nitrogens with zero attached hydrogens (tertiary/aromatic N) is 3. The molecule has 1 fully saturated rings. The number of nitrogens with one attached hydrogen (secondary N) is 1. The standard InChI is InChI=1S/C20H18Cl2N4O2/c21-13-6-7-15(22)16(10-13)24-20(28)17-4-3-8-25(17)12-14-11-19(27)26-9-2-1-5-18(26)23-14/h1-2,5-7,9-11,17H,3-4,8,12H2,(H,24,28). The predicted octanol–water partition coefficient (Wildman–Crippen LogP) is 3.60. The first kappa shape index (κ1) is 18.9. The van der Waals surface area contributed by atoms with Crippen molar-refractivity contribution in [3.8, 4) is 0 Å². The summed E-state index contributed by atoms with van der Waals surface area (Å²) in [4.78, 5) is 31.7. The number of halogens is 2. The number of hydrogen-bond acceptors (Lipinski definition) is 4. The highest BCUT2D eigenvalue weighted by Crippen LogP contribution is 2.27. The molecule has 1 aromatic carbocycles. The summed E-state index contributed by atoms with van der Waals surface area (Å²) < 4.78 is 1.50. The maximum absolute atomic E-state index is 12.8. The number of likely N-dealkylation sites (tertiary alicyclic amines) is 1. The van der Waals surface area contributed by atoms with Gasteiger partial charge in [-0.2, -0.15) is 0 Å². The van der Waals surface area contributed by atoms with Crippen LogP contribution in [-0.4, -0.2) is 32.8 Å². The SMILES string of the molecule is O=C(Nc1cc(Cl)ccc1Cl)C1CCCN1Cc1cc(=O)n2ccccc2n1. The van der Waals surface area contributed by atoms with E-state index in [1.807, 2.05) is 11.0 Å². The van der Waals surface area contributed by atoms with Crippen LogP contribution in [0.4, 0.5) is 5.69 Å². The number of hydrogen-bond donors (Lipinski definition) is 1. The van der Waals surface area contributed by atoms with Gasteiger partial charge in [0.15, 0.2) is 0 Å². The van der Waals surface area contributed by atoms with Crippen LogP contribution < -0.4 is 10.9 Å². The molecule has 1 unspecified atom stereocenters. The van der Waals surface area contributed by atoms with E-state index >= 15 is 0 Å². The number of anilines is 1. The Labute approximate surface area is 171 Å². The van der Waals surface area contributed by atoms with E-state index in [1.54, 1.807) is 36.5 Å². The molecule has 0 bridgehead atoms. The van der Waals surface area contributed by atoms with Gasteiger partial charge in [-0.05, 0) is 49.7 Å². The largest absolute Gasteiger partial charge is 0.323 e. The lowest BCUT2D eigenvalue weighted by Gasteiger charge is -2.23. The number of amides is 1. The highest BCUT2D eigenvalue weighted by molar-refractivity contribution is 6.35. The molecule has 1 amide bonds. The van der Waals surface area contributed by atoms with Gasteiger partial charge < -0.3 is 5.32 Å². The maximum atomic E-state index is 12.8. The molecule has 1 aliphatic heterocycles.